The molecule has 0 atom stereocenters. The van der Waals surface area contributed by atoms with Crippen molar-refractivity contribution in [2.24, 2.45) is 0 Å². The third-order valence-electron chi connectivity index (χ3n) is 5.44. The summed E-state index contributed by atoms with van der Waals surface area (Å²) in [4.78, 5) is 0. The molecule has 0 bridgehead atoms. The van der Waals surface area contributed by atoms with Crippen LogP contribution in [0.4, 0.5) is 22.0 Å². The zero-order chi connectivity index (χ0) is 26.4. The highest BCUT2D eigenvalue weighted by Crippen LogP contribution is 2.25. The average Bonchev–Trinajstić information content (AvgIpc) is 2.88. The lowest BCUT2D eigenvalue weighted by atomic mass is 10.0. The molecule has 184 valence electrons. The number of allylic oxidation sites excluding steroid dienone is 1. The topological polar surface area (TPSA) is 9.23 Å². The Morgan fingerprint density at radius 1 is 0.757 bits per heavy atom. The highest BCUT2D eigenvalue weighted by atomic mass is 19.3. The fourth-order valence-corrected chi connectivity index (χ4v) is 3.61. The molecule has 0 aliphatic carbocycles. The van der Waals surface area contributed by atoms with Crippen LogP contribution >= 0.6 is 0 Å². The predicted molar refractivity (Wildman–Crippen MR) is 134 cm³/mol. The van der Waals surface area contributed by atoms with Gasteiger partial charge >= 0.3 is 6.61 Å². The normalized spacial score (nSPS) is 10.4. The first-order valence-electron chi connectivity index (χ1n) is 11.2. The summed E-state index contributed by atoms with van der Waals surface area (Å²) in [6.07, 6.45) is 3.72. The fraction of sp³-hybridized carbons (Fsp3) is 0.0968. The Morgan fingerprint density at radius 3 is 2.08 bits per heavy atom. The summed E-state index contributed by atoms with van der Waals surface area (Å²) in [5, 5.41) is 0.919. The van der Waals surface area contributed by atoms with Crippen molar-refractivity contribution in [2.75, 3.05) is 0 Å². The van der Waals surface area contributed by atoms with Crippen molar-refractivity contribution in [1.29, 1.82) is 0 Å². The van der Waals surface area contributed by atoms with E-state index in [2.05, 4.69) is 35.0 Å². The third-order valence-corrected chi connectivity index (χ3v) is 5.44. The van der Waals surface area contributed by atoms with Crippen LogP contribution in [0.2, 0.25) is 0 Å². The van der Waals surface area contributed by atoms with Crippen molar-refractivity contribution in [3.8, 4) is 29.4 Å². The minimum absolute atomic E-state index is 0.0107. The Kier molecular flexibility index (Phi) is 7.91. The Labute approximate surface area is 211 Å². The van der Waals surface area contributed by atoms with Gasteiger partial charge in [0, 0.05) is 22.1 Å². The van der Waals surface area contributed by atoms with Crippen molar-refractivity contribution in [3.63, 3.8) is 0 Å². The Morgan fingerprint density at radius 2 is 1.41 bits per heavy atom. The molecule has 0 heterocycles. The Hall–Kier alpha value is -4.55. The third kappa shape index (κ3) is 6.37. The maximum absolute atomic E-state index is 15.1. The summed E-state index contributed by atoms with van der Waals surface area (Å²) in [5.74, 6) is 6.70. The number of aryl methyl sites for hydroxylation is 1. The molecule has 0 spiro atoms. The van der Waals surface area contributed by atoms with Gasteiger partial charge < -0.3 is 4.74 Å². The lowest BCUT2D eigenvalue weighted by Gasteiger charge is -2.07. The molecule has 4 rings (SSSR count). The molecule has 0 saturated heterocycles. The van der Waals surface area contributed by atoms with Crippen LogP contribution in [0, 0.1) is 41.1 Å². The van der Waals surface area contributed by atoms with Crippen LogP contribution in [0.5, 0.6) is 5.75 Å². The summed E-state index contributed by atoms with van der Waals surface area (Å²) in [6, 6.07) is 17.6. The number of alkyl halides is 2. The van der Waals surface area contributed by atoms with Gasteiger partial charge in [-0.15, -0.1) is 6.58 Å². The number of benzene rings is 4. The number of halogens is 5. The zero-order valence-corrected chi connectivity index (χ0v) is 19.4. The molecule has 1 nitrogen and oxygen atoms in total. The lowest BCUT2D eigenvalue weighted by Crippen LogP contribution is -2.06. The smallest absolute Gasteiger partial charge is 0.387 e. The minimum atomic E-state index is -3.38. The summed E-state index contributed by atoms with van der Waals surface area (Å²) >= 11 is 0. The summed E-state index contributed by atoms with van der Waals surface area (Å²) in [7, 11) is 0. The van der Waals surface area contributed by atoms with Gasteiger partial charge in [0.15, 0.2) is 17.4 Å². The molecule has 37 heavy (non-hydrogen) atoms. The molecule has 0 unspecified atom stereocenters. The van der Waals surface area contributed by atoms with E-state index in [0.717, 1.165) is 30.5 Å². The molecule has 0 aromatic heterocycles. The van der Waals surface area contributed by atoms with Gasteiger partial charge in [0.05, 0.1) is 5.56 Å². The van der Waals surface area contributed by atoms with Crippen molar-refractivity contribution in [2.45, 2.75) is 19.5 Å². The van der Waals surface area contributed by atoms with E-state index in [9.17, 15) is 17.6 Å². The van der Waals surface area contributed by atoms with E-state index >= 15 is 4.39 Å². The Bertz CT molecular complexity index is 1560. The van der Waals surface area contributed by atoms with Gasteiger partial charge in [-0.1, -0.05) is 54.0 Å². The van der Waals surface area contributed by atoms with Crippen LogP contribution in [0.1, 0.15) is 34.2 Å². The summed E-state index contributed by atoms with van der Waals surface area (Å²) < 4.78 is 71.2. The van der Waals surface area contributed by atoms with Gasteiger partial charge in [-0.2, -0.15) is 8.78 Å². The Balaban J connectivity index is 1.55. The zero-order valence-electron chi connectivity index (χ0n) is 19.4. The van der Waals surface area contributed by atoms with Crippen LogP contribution in [0.3, 0.4) is 0 Å². The van der Waals surface area contributed by atoms with Crippen LogP contribution in [-0.2, 0) is 6.42 Å². The molecule has 0 N–H and O–H groups in total. The van der Waals surface area contributed by atoms with Crippen LogP contribution in [0.25, 0.3) is 10.8 Å². The van der Waals surface area contributed by atoms with E-state index in [1.54, 1.807) is 24.3 Å². The molecule has 0 amide bonds. The minimum Gasteiger partial charge on any atom is -0.429 e. The maximum atomic E-state index is 15.1. The largest absolute Gasteiger partial charge is 0.429 e. The molecule has 0 radical (unpaired) electrons. The first-order valence-corrected chi connectivity index (χ1v) is 11.2. The standard InChI is InChI=1S/C31H19F5O/c1-2-3-4-20-5-7-21(8-6-20)9-10-22-12-16-26-25(17-22)15-14-24(29(26)34)13-11-23-18-27(32)30(28(33)19-23)37-31(35)36/h2,5-8,12,14-19,31H,1,3-4H2. The molecule has 0 saturated carbocycles. The van der Waals surface area contributed by atoms with E-state index < -0.39 is 29.8 Å². The molecule has 4 aromatic carbocycles. The van der Waals surface area contributed by atoms with Crippen LogP contribution in [-0.4, -0.2) is 6.61 Å². The summed E-state index contributed by atoms with van der Waals surface area (Å²) in [6.45, 7) is 0.348. The van der Waals surface area contributed by atoms with Gasteiger partial charge in [0.25, 0.3) is 0 Å². The van der Waals surface area contributed by atoms with Crippen molar-refractivity contribution < 1.29 is 26.7 Å². The SMILES string of the molecule is C=CCCc1ccc(C#Cc2ccc3c(F)c(C#Cc4cc(F)c(OC(F)F)c(F)c4)ccc3c2)cc1. The number of fused-ring (bicyclic) bond motifs is 1. The van der Waals surface area contributed by atoms with Crippen molar-refractivity contribution in [3.05, 3.63) is 125 Å². The van der Waals surface area contributed by atoms with Crippen molar-refractivity contribution in [1.82, 2.24) is 0 Å². The monoisotopic (exact) mass is 502 g/mol. The molecular formula is C31H19F5O. The molecular weight excluding hydrogens is 483 g/mol. The van der Waals surface area contributed by atoms with E-state index in [4.69, 9.17) is 0 Å². The van der Waals surface area contributed by atoms with E-state index in [1.807, 2.05) is 30.3 Å². The van der Waals surface area contributed by atoms with Crippen LogP contribution in [0.15, 0.2) is 79.4 Å². The number of hydrogen-bond donors (Lipinski definition) is 0. The predicted octanol–water partition coefficient (Wildman–Crippen LogP) is 7.78. The average molecular weight is 502 g/mol. The van der Waals surface area contributed by atoms with Gasteiger partial charge in [-0.05, 0) is 66.3 Å². The second kappa shape index (κ2) is 11.5. The molecule has 4 aromatic rings. The van der Waals surface area contributed by atoms with Crippen LogP contribution < -0.4 is 4.74 Å². The molecule has 0 aliphatic heterocycles. The number of ether oxygens (including phenoxy) is 1. The maximum Gasteiger partial charge on any atom is 0.387 e. The quantitative estimate of drug-likeness (QED) is 0.154. The van der Waals surface area contributed by atoms with Gasteiger partial charge in [0.1, 0.15) is 5.82 Å². The highest BCUT2D eigenvalue weighted by Gasteiger charge is 2.16. The van der Waals surface area contributed by atoms with E-state index in [1.165, 1.54) is 11.6 Å². The van der Waals surface area contributed by atoms with Gasteiger partial charge in [-0.3, -0.25) is 0 Å². The molecule has 0 fully saturated rings. The van der Waals surface area contributed by atoms with Gasteiger partial charge in [-0.25, -0.2) is 13.2 Å². The highest BCUT2D eigenvalue weighted by molar-refractivity contribution is 5.86. The molecule has 0 aliphatic rings. The first-order chi connectivity index (χ1) is 17.8. The van der Waals surface area contributed by atoms with E-state index in [-0.39, 0.29) is 11.1 Å². The second-order valence-electron chi connectivity index (χ2n) is 8.03. The summed E-state index contributed by atoms with van der Waals surface area (Å²) in [5.41, 5.74) is 2.63. The lowest BCUT2D eigenvalue weighted by molar-refractivity contribution is -0.0546. The molecule has 6 heteroatoms. The fourth-order valence-electron chi connectivity index (χ4n) is 3.61. The van der Waals surface area contributed by atoms with Crippen molar-refractivity contribution >= 4 is 10.8 Å². The number of hydrogen-bond acceptors (Lipinski definition) is 1. The van der Waals surface area contributed by atoms with Gasteiger partial charge in [0.2, 0.25) is 0 Å². The second-order valence-corrected chi connectivity index (χ2v) is 8.03. The number of rotatable bonds is 5. The first kappa shape index (κ1) is 25.5. The van der Waals surface area contributed by atoms with E-state index in [0.29, 0.717) is 16.3 Å².